The molecule has 1 unspecified atom stereocenters. The van der Waals surface area contributed by atoms with Crippen molar-refractivity contribution in [3.63, 3.8) is 0 Å². The van der Waals surface area contributed by atoms with E-state index in [9.17, 15) is 14.4 Å². The highest BCUT2D eigenvalue weighted by molar-refractivity contribution is 5.71. The number of hydrogen-bond donors (Lipinski definition) is 0. The van der Waals surface area contributed by atoms with Crippen molar-refractivity contribution in [2.24, 2.45) is 0 Å². The molecule has 76 heavy (non-hydrogen) atoms. The quantitative estimate of drug-likeness (QED) is 0.0343. The van der Waals surface area contributed by atoms with Gasteiger partial charge in [0.15, 0.2) is 6.10 Å². The lowest BCUT2D eigenvalue weighted by Gasteiger charge is -2.18. The summed E-state index contributed by atoms with van der Waals surface area (Å²) in [5.74, 6) is -0.819. The Bertz CT molecular complexity index is 1140. The number of carbonyl (C=O) groups excluding carboxylic acids is 3. The van der Waals surface area contributed by atoms with Gasteiger partial charge < -0.3 is 14.2 Å². The highest BCUT2D eigenvalue weighted by Gasteiger charge is 2.19. The van der Waals surface area contributed by atoms with Crippen molar-refractivity contribution in [2.45, 2.75) is 419 Å². The van der Waals surface area contributed by atoms with E-state index in [1.165, 1.54) is 315 Å². The van der Waals surface area contributed by atoms with Gasteiger partial charge in [0.2, 0.25) is 0 Å². The molecule has 0 heterocycles. The summed E-state index contributed by atoms with van der Waals surface area (Å²) in [7, 11) is 0. The minimum absolute atomic E-state index is 0.0601. The maximum atomic E-state index is 12.9. The van der Waals surface area contributed by atoms with Gasteiger partial charge in [-0.25, -0.2) is 0 Å². The van der Waals surface area contributed by atoms with E-state index in [0.29, 0.717) is 19.3 Å². The second-order valence-electron chi connectivity index (χ2n) is 24.2. The van der Waals surface area contributed by atoms with Crippen LogP contribution in [0.25, 0.3) is 0 Å². The minimum Gasteiger partial charge on any atom is -0.462 e. The summed E-state index contributed by atoms with van der Waals surface area (Å²) in [4.78, 5) is 38.4. The molecule has 0 rings (SSSR count). The SMILES string of the molecule is CCCCCCCCCCCCCCCCCCCCCCCCCCC(=O)OCC(COC(=O)CCCCCCCCCCCCCCCCCC)OC(=O)CCCCCCCCCCCCCCCCCCCC. The van der Waals surface area contributed by atoms with Gasteiger partial charge in [0, 0.05) is 19.3 Å². The molecule has 0 spiro atoms. The molecule has 0 saturated heterocycles. The van der Waals surface area contributed by atoms with Crippen molar-refractivity contribution in [3.05, 3.63) is 0 Å². The molecule has 0 aromatic heterocycles. The molecule has 0 aromatic rings. The van der Waals surface area contributed by atoms with Crippen molar-refractivity contribution in [1.29, 1.82) is 0 Å². The number of carbonyl (C=O) groups is 3. The van der Waals surface area contributed by atoms with Crippen LogP contribution in [0.2, 0.25) is 0 Å². The van der Waals surface area contributed by atoms with E-state index in [1.54, 1.807) is 0 Å². The van der Waals surface area contributed by atoms with Crippen molar-refractivity contribution in [2.75, 3.05) is 13.2 Å². The molecular weight excluding hydrogens is 937 g/mol. The van der Waals surface area contributed by atoms with Crippen LogP contribution in [0.15, 0.2) is 0 Å². The molecule has 0 aromatic carbocycles. The molecule has 452 valence electrons. The van der Waals surface area contributed by atoms with E-state index in [0.717, 1.165) is 57.8 Å². The third-order valence-electron chi connectivity index (χ3n) is 16.4. The molecule has 6 nitrogen and oxygen atoms in total. The lowest BCUT2D eigenvalue weighted by Crippen LogP contribution is -2.30. The topological polar surface area (TPSA) is 78.9 Å². The predicted octanol–water partition coefficient (Wildman–Crippen LogP) is 23.8. The zero-order valence-corrected chi connectivity index (χ0v) is 52.1. The number of esters is 3. The highest BCUT2D eigenvalue weighted by atomic mass is 16.6. The molecule has 0 bridgehead atoms. The molecule has 6 heteroatoms. The lowest BCUT2D eigenvalue weighted by molar-refractivity contribution is -0.167. The molecule has 0 aliphatic rings. The molecule has 0 fully saturated rings. The maximum absolute atomic E-state index is 12.9. The molecule has 0 aliphatic carbocycles. The van der Waals surface area contributed by atoms with E-state index >= 15 is 0 Å². The Kier molecular flexibility index (Phi) is 64.5. The van der Waals surface area contributed by atoms with Crippen LogP contribution in [0.5, 0.6) is 0 Å². The summed E-state index contributed by atoms with van der Waals surface area (Å²) in [5, 5.41) is 0. The fourth-order valence-corrected chi connectivity index (χ4v) is 11.1. The van der Waals surface area contributed by atoms with Crippen LogP contribution in [0.4, 0.5) is 0 Å². The zero-order valence-electron chi connectivity index (χ0n) is 52.1. The summed E-state index contributed by atoms with van der Waals surface area (Å²) in [6.45, 7) is 6.75. The number of ether oxygens (including phenoxy) is 3. The Morgan fingerprint density at radius 1 is 0.211 bits per heavy atom. The second kappa shape index (κ2) is 65.9. The summed E-state index contributed by atoms with van der Waals surface area (Å²) in [6.07, 6.45) is 77.0. The van der Waals surface area contributed by atoms with Crippen LogP contribution < -0.4 is 0 Å². The lowest BCUT2D eigenvalue weighted by atomic mass is 10.0. The fourth-order valence-electron chi connectivity index (χ4n) is 11.1. The first-order valence-electron chi connectivity index (χ1n) is 35.0. The Hall–Kier alpha value is -1.59. The van der Waals surface area contributed by atoms with Crippen molar-refractivity contribution in [3.8, 4) is 0 Å². The van der Waals surface area contributed by atoms with E-state index in [2.05, 4.69) is 20.8 Å². The average molecular weight is 1070 g/mol. The van der Waals surface area contributed by atoms with Gasteiger partial charge in [-0.3, -0.25) is 14.4 Å². The third-order valence-corrected chi connectivity index (χ3v) is 16.4. The Labute approximate surface area is 476 Å². The Balaban J connectivity index is 4.23. The highest BCUT2D eigenvalue weighted by Crippen LogP contribution is 2.19. The average Bonchev–Trinajstić information content (AvgIpc) is 3.42. The van der Waals surface area contributed by atoms with E-state index in [1.807, 2.05) is 0 Å². The molecule has 0 aliphatic heterocycles. The first kappa shape index (κ1) is 74.4. The van der Waals surface area contributed by atoms with Gasteiger partial charge in [-0.05, 0) is 19.3 Å². The van der Waals surface area contributed by atoms with Gasteiger partial charge in [0.1, 0.15) is 13.2 Å². The van der Waals surface area contributed by atoms with Gasteiger partial charge in [-0.1, -0.05) is 374 Å². The fraction of sp³-hybridized carbons (Fsp3) is 0.957. The number of hydrogen-bond acceptors (Lipinski definition) is 6. The van der Waals surface area contributed by atoms with E-state index in [-0.39, 0.29) is 31.1 Å². The van der Waals surface area contributed by atoms with Gasteiger partial charge in [0.25, 0.3) is 0 Å². The smallest absolute Gasteiger partial charge is 0.306 e. The van der Waals surface area contributed by atoms with Gasteiger partial charge in [-0.2, -0.15) is 0 Å². The number of unbranched alkanes of at least 4 members (excludes halogenated alkanes) is 55. The van der Waals surface area contributed by atoms with Crippen molar-refractivity contribution < 1.29 is 28.6 Å². The molecule has 0 saturated carbocycles. The van der Waals surface area contributed by atoms with E-state index in [4.69, 9.17) is 14.2 Å². The minimum atomic E-state index is -0.763. The first-order valence-corrected chi connectivity index (χ1v) is 35.0. The molecule has 0 radical (unpaired) electrons. The summed E-state index contributed by atoms with van der Waals surface area (Å²) >= 11 is 0. The molecular formula is C70H136O6. The van der Waals surface area contributed by atoms with Gasteiger partial charge >= 0.3 is 17.9 Å². The first-order chi connectivity index (χ1) is 37.5. The maximum Gasteiger partial charge on any atom is 0.306 e. The summed E-state index contributed by atoms with van der Waals surface area (Å²) in [5.41, 5.74) is 0. The third kappa shape index (κ3) is 63.2. The van der Waals surface area contributed by atoms with Crippen LogP contribution in [-0.4, -0.2) is 37.2 Å². The largest absolute Gasteiger partial charge is 0.462 e. The van der Waals surface area contributed by atoms with Gasteiger partial charge in [-0.15, -0.1) is 0 Å². The van der Waals surface area contributed by atoms with E-state index < -0.39 is 6.10 Å². The monoisotopic (exact) mass is 1070 g/mol. The summed E-state index contributed by atoms with van der Waals surface area (Å²) < 4.78 is 17.0. The van der Waals surface area contributed by atoms with Crippen LogP contribution in [0, 0.1) is 0 Å². The molecule has 0 N–H and O–H groups in total. The predicted molar refractivity (Wildman–Crippen MR) is 330 cm³/mol. The van der Waals surface area contributed by atoms with Crippen LogP contribution in [0.1, 0.15) is 412 Å². The van der Waals surface area contributed by atoms with Gasteiger partial charge in [0.05, 0.1) is 0 Å². The normalized spacial score (nSPS) is 11.9. The standard InChI is InChI=1S/C70H136O6/c1-4-7-10-13-16-19-22-25-28-31-33-34-35-36-37-38-40-42-45-48-51-54-57-60-63-69(72)75-66-67(65-74-68(71)62-59-56-53-50-47-44-41-30-27-24-21-18-15-12-9-6-3)76-70(73)64-61-58-55-52-49-46-43-39-32-29-26-23-20-17-14-11-8-5-2/h67H,4-66H2,1-3H3. The zero-order chi connectivity index (χ0) is 55.0. The van der Waals surface area contributed by atoms with Crippen LogP contribution >= 0.6 is 0 Å². The number of rotatable bonds is 66. The molecule has 1 atom stereocenters. The van der Waals surface area contributed by atoms with Crippen LogP contribution in [-0.2, 0) is 28.6 Å². The summed E-state index contributed by atoms with van der Waals surface area (Å²) in [6, 6.07) is 0. The molecule has 0 amide bonds. The van der Waals surface area contributed by atoms with Crippen LogP contribution in [0.3, 0.4) is 0 Å². The Morgan fingerprint density at radius 3 is 0.526 bits per heavy atom. The Morgan fingerprint density at radius 2 is 0.355 bits per heavy atom. The second-order valence-corrected chi connectivity index (χ2v) is 24.2. The van der Waals surface area contributed by atoms with Crippen molar-refractivity contribution >= 4 is 17.9 Å². The van der Waals surface area contributed by atoms with Crippen molar-refractivity contribution in [1.82, 2.24) is 0 Å².